The Bertz CT molecular complexity index is 2810. The fourth-order valence-corrected chi connectivity index (χ4v) is 8.83. The lowest BCUT2D eigenvalue weighted by Crippen LogP contribution is -2.03. The number of aryl methyl sites for hydroxylation is 4. The molecule has 1 nitrogen and oxygen atoms in total. The maximum Gasteiger partial charge on any atom is 0.136 e. The standard InChI is InChI=1S/C48H40O/c1-25-27(3)31(7)44-42(29(25)5)46(35-22-23-37-34(24-35)21-20-33-14-9-10-15-36(33)37)43-30(6)26(2)28(4)32(8)45(43)48(44)39-17-13-19-41-47(39)38-16-11-12-18-40(38)49-41/h9-24H,1-8H3. The van der Waals surface area contributed by atoms with Crippen LogP contribution in [0.5, 0.6) is 0 Å². The summed E-state index contributed by atoms with van der Waals surface area (Å²) in [5.74, 6) is 0. The van der Waals surface area contributed by atoms with E-state index in [2.05, 4.69) is 152 Å². The molecule has 0 saturated heterocycles. The van der Waals surface area contributed by atoms with Crippen molar-refractivity contribution in [2.45, 2.75) is 55.4 Å². The maximum absolute atomic E-state index is 6.50. The Hall–Kier alpha value is -5.40. The van der Waals surface area contributed by atoms with Gasteiger partial charge in [0, 0.05) is 10.8 Å². The van der Waals surface area contributed by atoms with Gasteiger partial charge in [-0.05, 0) is 183 Å². The Morgan fingerprint density at radius 2 is 0.857 bits per heavy atom. The van der Waals surface area contributed by atoms with Crippen LogP contribution in [0.1, 0.15) is 44.5 Å². The molecule has 0 bridgehead atoms. The lowest BCUT2D eigenvalue weighted by Gasteiger charge is -2.27. The minimum atomic E-state index is 0.929. The van der Waals surface area contributed by atoms with Crippen molar-refractivity contribution in [3.8, 4) is 22.3 Å². The monoisotopic (exact) mass is 632 g/mol. The van der Waals surface area contributed by atoms with Gasteiger partial charge in [-0.2, -0.15) is 0 Å². The summed E-state index contributed by atoms with van der Waals surface area (Å²) in [6.07, 6.45) is 0. The summed E-state index contributed by atoms with van der Waals surface area (Å²) in [6, 6.07) is 35.6. The minimum Gasteiger partial charge on any atom is -0.456 e. The highest BCUT2D eigenvalue weighted by molar-refractivity contribution is 6.29. The molecule has 1 aromatic heterocycles. The molecule has 0 spiro atoms. The molecule has 0 aliphatic carbocycles. The van der Waals surface area contributed by atoms with Crippen molar-refractivity contribution in [1.82, 2.24) is 0 Å². The van der Waals surface area contributed by atoms with Crippen molar-refractivity contribution in [3.05, 3.63) is 142 Å². The molecule has 0 saturated carbocycles. The molecule has 0 unspecified atom stereocenters. The molecular weight excluding hydrogens is 593 g/mol. The third-order valence-corrected chi connectivity index (χ3v) is 12.1. The number of hydrogen-bond acceptors (Lipinski definition) is 1. The first-order valence-electron chi connectivity index (χ1n) is 17.5. The predicted molar refractivity (Wildman–Crippen MR) is 213 cm³/mol. The van der Waals surface area contributed by atoms with Crippen LogP contribution >= 0.6 is 0 Å². The van der Waals surface area contributed by atoms with E-state index in [0.29, 0.717) is 0 Å². The van der Waals surface area contributed by atoms with Crippen LogP contribution in [0.4, 0.5) is 0 Å². The third-order valence-electron chi connectivity index (χ3n) is 12.1. The second-order valence-corrected chi connectivity index (χ2v) is 14.2. The van der Waals surface area contributed by atoms with Crippen molar-refractivity contribution in [3.63, 3.8) is 0 Å². The van der Waals surface area contributed by atoms with Gasteiger partial charge in [-0.3, -0.25) is 0 Å². The van der Waals surface area contributed by atoms with E-state index in [1.807, 2.05) is 0 Å². The molecule has 49 heavy (non-hydrogen) atoms. The van der Waals surface area contributed by atoms with E-state index in [4.69, 9.17) is 4.42 Å². The molecule has 1 heteroatoms. The van der Waals surface area contributed by atoms with Crippen molar-refractivity contribution in [1.29, 1.82) is 0 Å². The normalized spacial score (nSPS) is 12.1. The number of fused-ring (bicyclic) bond motifs is 8. The van der Waals surface area contributed by atoms with Gasteiger partial charge in [0.25, 0.3) is 0 Å². The summed E-state index contributed by atoms with van der Waals surface area (Å²) >= 11 is 0. The topological polar surface area (TPSA) is 13.1 Å². The van der Waals surface area contributed by atoms with E-state index >= 15 is 0 Å². The predicted octanol–water partition coefficient (Wildman–Crippen LogP) is 14.0. The largest absolute Gasteiger partial charge is 0.456 e. The first kappa shape index (κ1) is 29.7. The molecule has 0 fully saturated rings. The quantitative estimate of drug-likeness (QED) is 0.136. The highest BCUT2D eigenvalue weighted by Gasteiger charge is 2.27. The molecule has 0 amide bonds. The molecule has 9 aromatic rings. The molecule has 238 valence electrons. The van der Waals surface area contributed by atoms with E-state index in [9.17, 15) is 0 Å². The maximum atomic E-state index is 6.50. The lowest BCUT2D eigenvalue weighted by molar-refractivity contribution is 0.669. The number of hydrogen-bond donors (Lipinski definition) is 0. The Morgan fingerprint density at radius 1 is 0.347 bits per heavy atom. The first-order chi connectivity index (χ1) is 23.7. The fraction of sp³-hybridized carbons (Fsp3) is 0.167. The molecular formula is C48H40O. The smallest absolute Gasteiger partial charge is 0.136 e. The lowest BCUT2D eigenvalue weighted by atomic mass is 9.76. The Labute approximate surface area is 287 Å². The number of furan rings is 1. The van der Waals surface area contributed by atoms with Gasteiger partial charge in [0.1, 0.15) is 11.2 Å². The van der Waals surface area contributed by atoms with E-state index in [1.165, 1.54) is 115 Å². The average molecular weight is 633 g/mol. The second-order valence-electron chi connectivity index (χ2n) is 14.2. The van der Waals surface area contributed by atoms with Gasteiger partial charge >= 0.3 is 0 Å². The average Bonchev–Trinajstić information content (AvgIpc) is 3.52. The molecule has 0 N–H and O–H groups in total. The van der Waals surface area contributed by atoms with Gasteiger partial charge in [0.05, 0.1) is 0 Å². The number of para-hydroxylation sites is 1. The minimum absolute atomic E-state index is 0.929. The number of rotatable bonds is 2. The van der Waals surface area contributed by atoms with Crippen LogP contribution in [0.3, 0.4) is 0 Å². The van der Waals surface area contributed by atoms with Crippen LogP contribution < -0.4 is 0 Å². The zero-order valence-electron chi connectivity index (χ0n) is 29.6. The molecule has 0 aliphatic heterocycles. The van der Waals surface area contributed by atoms with Crippen LogP contribution in [-0.4, -0.2) is 0 Å². The first-order valence-corrected chi connectivity index (χ1v) is 17.5. The molecule has 0 atom stereocenters. The molecule has 1 heterocycles. The fourth-order valence-electron chi connectivity index (χ4n) is 8.83. The molecule has 0 aliphatic rings. The van der Waals surface area contributed by atoms with Crippen LogP contribution in [0, 0.1) is 55.4 Å². The highest BCUT2D eigenvalue weighted by atomic mass is 16.3. The van der Waals surface area contributed by atoms with Gasteiger partial charge in [-0.15, -0.1) is 0 Å². The van der Waals surface area contributed by atoms with Crippen molar-refractivity contribution in [2.24, 2.45) is 0 Å². The highest BCUT2D eigenvalue weighted by Crippen LogP contribution is 2.52. The molecule has 0 radical (unpaired) electrons. The summed E-state index contributed by atoms with van der Waals surface area (Å²) in [5, 5.41) is 12.9. The summed E-state index contributed by atoms with van der Waals surface area (Å²) in [4.78, 5) is 0. The van der Waals surface area contributed by atoms with Gasteiger partial charge < -0.3 is 4.42 Å². The van der Waals surface area contributed by atoms with E-state index in [1.54, 1.807) is 0 Å². The van der Waals surface area contributed by atoms with Crippen molar-refractivity contribution in [2.75, 3.05) is 0 Å². The summed E-state index contributed by atoms with van der Waals surface area (Å²) in [5.41, 5.74) is 17.9. The summed E-state index contributed by atoms with van der Waals surface area (Å²) in [6.45, 7) is 18.6. The molecule has 9 rings (SSSR count). The zero-order valence-corrected chi connectivity index (χ0v) is 29.6. The van der Waals surface area contributed by atoms with Gasteiger partial charge in [0.2, 0.25) is 0 Å². The van der Waals surface area contributed by atoms with Crippen LogP contribution in [0.25, 0.3) is 87.3 Å². The van der Waals surface area contributed by atoms with E-state index in [-0.39, 0.29) is 0 Å². The van der Waals surface area contributed by atoms with Crippen LogP contribution in [0.15, 0.2) is 101 Å². The van der Waals surface area contributed by atoms with Crippen LogP contribution in [-0.2, 0) is 0 Å². The summed E-state index contributed by atoms with van der Waals surface area (Å²) in [7, 11) is 0. The van der Waals surface area contributed by atoms with E-state index < -0.39 is 0 Å². The number of benzene rings is 8. The second kappa shape index (κ2) is 10.5. The summed E-state index contributed by atoms with van der Waals surface area (Å²) < 4.78 is 6.50. The zero-order chi connectivity index (χ0) is 33.9. The Morgan fingerprint density at radius 3 is 1.51 bits per heavy atom. The van der Waals surface area contributed by atoms with Gasteiger partial charge in [-0.1, -0.05) is 78.9 Å². The third kappa shape index (κ3) is 3.99. The molecule has 8 aromatic carbocycles. The van der Waals surface area contributed by atoms with Crippen molar-refractivity contribution >= 4 is 65.0 Å². The van der Waals surface area contributed by atoms with Crippen molar-refractivity contribution < 1.29 is 4.42 Å². The van der Waals surface area contributed by atoms with Gasteiger partial charge in [0.15, 0.2) is 0 Å². The van der Waals surface area contributed by atoms with Crippen LogP contribution in [0.2, 0.25) is 0 Å². The SMILES string of the molecule is Cc1c(C)c(C)c2c(-c3cccc4oc5ccccc5c34)c3c(C)c(C)c(C)c(C)c3c(-c3ccc4c(ccc5ccccc54)c3)c2c1C. The Balaban J connectivity index is 1.56. The van der Waals surface area contributed by atoms with Gasteiger partial charge in [-0.25, -0.2) is 0 Å². The van der Waals surface area contributed by atoms with E-state index in [0.717, 1.165) is 16.6 Å². The Kier molecular flexibility index (Phi) is 6.40.